The highest BCUT2D eigenvalue weighted by Gasteiger charge is 2.33. The summed E-state index contributed by atoms with van der Waals surface area (Å²) in [5.74, 6) is 0.399. The van der Waals surface area contributed by atoms with Gasteiger partial charge in [-0.15, -0.1) is 0 Å². The van der Waals surface area contributed by atoms with Crippen LogP contribution in [0.3, 0.4) is 0 Å². The molecule has 4 nitrogen and oxygen atoms in total. The van der Waals surface area contributed by atoms with Gasteiger partial charge in [-0.25, -0.2) is 0 Å². The van der Waals surface area contributed by atoms with Crippen LogP contribution in [0.25, 0.3) is 0 Å². The van der Waals surface area contributed by atoms with E-state index in [9.17, 15) is 4.79 Å². The van der Waals surface area contributed by atoms with Crippen LogP contribution in [0.5, 0.6) is 0 Å². The highest BCUT2D eigenvalue weighted by atomic mass is 16.3. The van der Waals surface area contributed by atoms with Gasteiger partial charge < -0.3 is 15.3 Å². The molecule has 1 atom stereocenters. The number of carbonyl (C=O) groups excluding carboxylic acids is 1. The number of nitrogens with one attached hydrogen (secondary N) is 1. The molecule has 0 aromatic carbocycles. The summed E-state index contributed by atoms with van der Waals surface area (Å²) >= 11 is 0. The summed E-state index contributed by atoms with van der Waals surface area (Å²) in [4.78, 5) is 14.0. The summed E-state index contributed by atoms with van der Waals surface area (Å²) in [6, 6.07) is 0.408. The standard InChI is InChI=1S/C11H20N2O2/c14-7-6-13(10-2-1-3-10)11(15)9-4-5-12-8-9/h9-10,12,14H,1-8H2. The van der Waals surface area contributed by atoms with E-state index < -0.39 is 0 Å². The first kappa shape index (κ1) is 10.9. The van der Waals surface area contributed by atoms with Crippen LogP contribution >= 0.6 is 0 Å². The third-order valence-corrected chi connectivity index (χ3v) is 3.55. The van der Waals surface area contributed by atoms with Crippen molar-refractivity contribution in [1.82, 2.24) is 10.2 Å². The molecule has 86 valence electrons. The van der Waals surface area contributed by atoms with Gasteiger partial charge in [0.1, 0.15) is 0 Å². The van der Waals surface area contributed by atoms with Gasteiger partial charge in [0.2, 0.25) is 5.91 Å². The zero-order valence-electron chi connectivity index (χ0n) is 9.11. The van der Waals surface area contributed by atoms with Crippen molar-refractivity contribution in [2.24, 2.45) is 5.92 Å². The van der Waals surface area contributed by atoms with E-state index in [0.29, 0.717) is 12.6 Å². The number of carbonyl (C=O) groups is 1. The number of hydrogen-bond donors (Lipinski definition) is 2. The molecule has 0 aromatic heterocycles. The minimum atomic E-state index is 0.0857. The summed E-state index contributed by atoms with van der Waals surface area (Å²) in [7, 11) is 0. The minimum absolute atomic E-state index is 0.0857. The summed E-state index contributed by atoms with van der Waals surface area (Å²) in [5.41, 5.74) is 0. The smallest absolute Gasteiger partial charge is 0.227 e. The molecule has 2 N–H and O–H groups in total. The lowest BCUT2D eigenvalue weighted by Gasteiger charge is -2.38. The van der Waals surface area contributed by atoms with Crippen molar-refractivity contribution in [2.45, 2.75) is 31.7 Å². The van der Waals surface area contributed by atoms with E-state index in [4.69, 9.17) is 5.11 Å². The average Bonchev–Trinajstić information content (AvgIpc) is 2.66. The van der Waals surface area contributed by atoms with Crippen molar-refractivity contribution in [2.75, 3.05) is 26.2 Å². The molecule has 1 aliphatic heterocycles. The molecular weight excluding hydrogens is 192 g/mol. The van der Waals surface area contributed by atoms with Crippen LogP contribution < -0.4 is 5.32 Å². The molecule has 0 radical (unpaired) electrons. The van der Waals surface area contributed by atoms with Crippen LogP contribution in [0, 0.1) is 5.92 Å². The predicted molar refractivity (Wildman–Crippen MR) is 57.4 cm³/mol. The topological polar surface area (TPSA) is 52.6 Å². The Hall–Kier alpha value is -0.610. The summed E-state index contributed by atoms with van der Waals surface area (Å²) < 4.78 is 0. The molecule has 2 rings (SSSR count). The Balaban J connectivity index is 1.92. The number of rotatable bonds is 4. The molecule has 0 aromatic rings. The molecule has 1 heterocycles. The van der Waals surface area contributed by atoms with Crippen molar-refractivity contribution in [3.8, 4) is 0 Å². The molecule has 1 aliphatic carbocycles. The summed E-state index contributed by atoms with van der Waals surface area (Å²) in [5, 5.41) is 12.2. The first-order valence-electron chi connectivity index (χ1n) is 5.95. The Morgan fingerprint density at radius 1 is 1.40 bits per heavy atom. The second-order valence-electron chi connectivity index (χ2n) is 4.53. The normalized spacial score (nSPS) is 26.3. The van der Waals surface area contributed by atoms with Gasteiger partial charge >= 0.3 is 0 Å². The fourth-order valence-electron chi connectivity index (χ4n) is 2.38. The molecule has 4 heteroatoms. The van der Waals surface area contributed by atoms with Gasteiger partial charge in [0.25, 0.3) is 0 Å². The van der Waals surface area contributed by atoms with Crippen LogP contribution in [-0.4, -0.2) is 48.2 Å². The van der Waals surface area contributed by atoms with E-state index in [0.717, 1.165) is 32.4 Å². The van der Waals surface area contributed by atoms with Crippen molar-refractivity contribution in [3.63, 3.8) is 0 Å². The van der Waals surface area contributed by atoms with Crippen LogP contribution in [0.2, 0.25) is 0 Å². The third kappa shape index (κ3) is 2.32. The SMILES string of the molecule is O=C(C1CCNC1)N(CCO)C1CCC1. The van der Waals surface area contributed by atoms with E-state index in [-0.39, 0.29) is 18.4 Å². The summed E-state index contributed by atoms with van der Waals surface area (Å²) in [6.07, 6.45) is 4.41. The maximum atomic E-state index is 12.1. The lowest BCUT2D eigenvalue weighted by molar-refractivity contribution is -0.139. The molecule has 2 fully saturated rings. The number of aliphatic hydroxyl groups excluding tert-OH is 1. The van der Waals surface area contributed by atoms with Crippen LogP contribution in [0.1, 0.15) is 25.7 Å². The first-order valence-corrected chi connectivity index (χ1v) is 5.95. The van der Waals surface area contributed by atoms with E-state index in [2.05, 4.69) is 5.32 Å². The first-order chi connectivity index (χ1) is 7.33. The number of nitrogens with zero attached hydrogens (tertiary/aromatic N) is 1. The van der Waals surface area contributed by atoms with Crippen molar-refractivity contribution in [1.29, 1.82) is 0 Å². The van der Waals surface area contributed by atoms with E-state index >= 15 is 0 Å². The van der Waals surface area contributed by atoms with Crippen molar-refractivity contribution in [3.05, 3.63) is 0 Å². The molecule has 1 amide bonds. The lowest BCUT2D eigenvalue weighted by Crippen LogP contribution is -2.48. The quantitative estimate of drug-likeness (QED) is 0.688. The number of hydrogen-bond acceptors (Lipinski definition) is 3. The highest BCUT2D eigenvalue weighted by molar-refractivity contribution is 5.79. The largest absolute Gasteiger partial charge is 0.395 e. The third-order valence-electron chi connectivity index (χ3n) is 3.55. The fourth-order valence-corrected chi connectivity index (χ4v) is 2.38. The monoisotopic (exact) mass is 212 g/mol. The maximum Gasteiger partial charge on any atom is 0.227 e. The van der Waals surface area contributed by atoms with Gasteiger partial charge in [0, 0.05) is 19.1 Å². The average molecular weight is 212 g/mol. The van der Waals surface area contributed by atoms with Crippen molar-refractivity contribution >= 4 is 5.91 Å². The van der Waals surface area contributed by atoms with Gasteiger partial charge in [0.05, 0.1) is 12.5 Å². The van der Waals surface area contributed by atoms with Crippen LogP contribution in [0.4, 0.5) is 0 Å². The zero-order chi connectivity index (χ0) is 10.7. The lowest BCUT2D eigenvalue weighted by atomic mass is 9.90. The number of aliphatic hydroxyl groups is 1. The van der Waals surface area contributed by atoms with Crippen molar-refractivity contribution < 1.29 is 9.90 Å². The number of amides is 1. The van der Waals surface area contributed by atoms with Gasteiger partial charge in [-0.1, -0.05) is 0 Å². The molecule has 1 saturated heterocycles. The Bertz CT molecular complexity index is 223. The predicted octanol–water partition coefficient (Wildman–Crippen LogP) is -0.0307. The van der Waals surface area contributed by atoms with Crippen LogP contribution in [-0.2, 0) is 4.79 Å². The maximum absolute atomic E-state index is 12.1. The molecule has 1 saturated carbocycles. The van der Waals surface area contributed by atoms with Gasteiger partial charge in [-0.3, -0.25) is 4.79 Å². The van der Waals surface area contributed by atoms with E-state index in [1.165, 1.54) is 6.42 Å². The Morgan fingerprint density at radius 3 is 2.67 bits per heavy atom. The van der Waals surface area contributed by atoms with Gasteiger partial charge in [-0.2, -0.15) is 0 Å². The Kier molecular flexibility index (Phi) is 3.59. The van der Waals surface area contributed by atoms with Gasteiger partial charge in [0.15, 0.2) is 0 Å². The summed E-state index contributed by atoms with van der Waals surface area (Å²) in [6.45, 7) is 2.36. The zero-order valence-corrected chi connectivity index (χ0v) is 9.11. The minimum Gasteiger partial charge on any atom is -0.395 e. The van der Waals surface area contributed by atoms with E-state index in [1.807, 2.05) is 4.90 Å². The Morgan fingerprint density at radius 2 is 2.20 bits per heavy atom. The van der Waals surface area contributed by atoms with Crippen LogP contribution in [0.15, 0.2) is 0 Å². The van der Waals surface area contributed by atoms with Gasteiger partial charge in [-0.05, 0) is 32.2 Å². The second-order valence-corrected chi connectivity index (χ2v) is 4.53. The molecule has 0 spiro atoms. The fraction of sp³-hybridized carbons (Fsp3) is 0.909. The molecule has 0 bridgehead atoms. The Labute approximate surface area is 90.6 Å². The second kappa shape index (κ2) is 4.94. The molecular formula is C11H20N2O2. The molecule has 15 heavy (non-hydrogen) atoms. The molecule has 1 unspecified atom stereocenters. The highest BCUT2D eigenvalue weighted by Crippen LogP contribution is 2.26. The molecule has 2 aliphatic rings. The van der Waals surface area contributed by atoms with E-state index in [1.54, 1.807) is 0 Å².